The van der Waals surface area contributed by atoms with Crippen molar-refractivity contribution in [1.29, 1.82) is 0 Å². The molecule has 0 saturated heterocycles. The van der Waals surface area contributed by atoms with Crippen LogP contribution in [0.2, 0.25) is 0 Å². The van der Waals surface area contributed by atoms with Crippen LogP contribution in [-0.4, -0.2) is 18.1 Å². The molecule has 3 rings (SSSR count). The maximum Gasteiger partial charge on any atom is 0.322 e. The van der Waals surface area contributed by atoms with Gasteiger partial charge in [0.25, 0.3) is 0 Å². The number of carbonyl (C=O) groups is 1. The van der Waals surface area contributed by atoms with E-state index in [1.165, 1.54) is 12.0 Å². The monoisotopic (exact) mass is 244 g/mol. The van der Waals surface area contributed by atoms with Gasteiger partial charge in [0.15, 0.2) is 0 Å². The second kappa shape index (κ2) is 4.63. The summed E-state index contributed by atoms with van der Waals surface area (Å²) < 4.78 is 0. The average Bonchev–Trinajstić information content (AvgIpc) is 2.33. The van der Waals surface area contributed by atoms with Crippen molar-refractivity contribution in [2.45, 2.75) is 51.1 Å². The van der Waals surface area contributed by atoms with Crippen LogP contribution in [0.1, 0.15) is 38.2 Å². The molecule has 1 aliphatic heterocycles. The highest BCUT2D eigenvalue weighted by Crippen LogP contribution is 2.31. The Morgan fingerprint density at radius 3 is 2.78 bits per heavy atom. The van der Waals surface area contributed by atoms with Gasteiger partial charge in [-0.15, -0.1) is 0 Å². The fraction of sp³-hybridized carbons (Fsp3) is 0.533. The van der Waals surface area contributed by atoms with Crippen LogP contribution in [0, 0.1) is 0 Å². The van der Waals surface area contributed by atoms with Crippen molar-refractivity contribution in [1.82, 2.24) is 5.32 Å². The van der Waals surface area contributed by atoms with E-state index in [1.807, 2.05) is 11.0 Å². The molecule has 1 fully saturated rings. The van der Waals surface area contributed by atoms with Crippen LogP contribution in [0.4, 0.5) is 10.5 Å². The fourth-order valence-corrected chi connectivity index (χ4v) is 2.79. The molecule has 1 heterocycles. The third kappa shape index (κ3) is 1.98. The summed E-state index contributed by atoms with van der Waals surface area (Å²) in [4.78, 5) is 14.3. The number of hydrogen-bond donors (Lipinski definition) is 1. The third-order valence-electron chi connectivity index (χ3n) is 4.17. The van der Waals surface area contributed by atoms with Gasteiger partial charge in [0.2, 0.25) is 0 Å². The first-order valence-electron chi connectivity index (χ1n) is 6.93. The van der Waals surface area contributed by atoms with Gasteiger partial charge in [-0.2, -0.15) is 0 Å². The fourth-order valence-electron chi connectivity index (χ4n) is 2.79. The van der Waals surface area contributed by atoms with Crippen molar-refractivity contribution in [2.24, 2.45) is 0 Å². The number of anilines is 1. The molecule has 3 nitrogen and oxygen atoms in total. The second-order valence-corrected chi connectivity index (χ2v) is 5.46. The van der Waals surface area contributed by atoms with Crippen molar-refractivity contribution in [3.8, 4) is 0 Å². The molecule has 0 radical (unpaired) electrons. The van der Waals surface area contributed by atoms with Gasteiger partial charge >= 0.3 is 6.03 Å². The number of carbonyl (C=O) groups excluding carboxylic acids is 1. The summed E-state index contributed by atoms with van der Waals surface area (Å²) >= 11 is 0. The Kier molecular flexibility index (Phi) is 2.98. The van der Waals surface area contributed by atoms with E-state index in [4.69, 9.17) is 0 Å². The van der Waals surface area contributed by atoms with E-state index in [9.17, 15) is 4.79 Å². The Morgan fingerprint density at radius 2 is 2.06 bits per heavy atom. The predicted molar refractivity (Wildman–Crippen MR) is 72.9 cm³/mol. The van der Waals surface area contributed by atoms with Crippen LogP contribution < -0.4 is 10.2 Å². The summed E-state index contributed by atoms with van der Waals surface area (Å²) in [6, 6.07) is 9.03. The summed E-state index contributed by atoms with van der Waals surface area (Å²) in [5.41, 5.74) is 2.38. The number of nitrogens with one attached hydrogen (secondary N) is 1. The summed E-state index contributed by atoms with van der Waals surface area (Å²) in [6.45, 7) is 2.14. The molecule has 1 aliphatic carbocycles. The lowest BCUT2D eigenvalue weighted by molar-refractivity contribution is 0.231. The molecule has 1 atom stereocenters. The van der Waals surface area contributed by atoms with E-state index < -0.39 is 0 Å². The maximum atomic E-state index is 12.4. The van der Waals surface area contributed by atoms with E-state index in [0.29, 0.717) is 12.1 Å². The van der Waals surface area contributed by atoms with Crippen LogP contribution in [0.25, 0.3) is 0 Å². The molecule has 1 unspecified atom stereocenters. The first-order chi connectivity index (χ1) is 8.75. The number of rotatable bonds is 1. The number of aryl methyl sites for hydroxylation is 1. The zero-order chi connectivity index (χ0) is 12.5. The lowest BCUT2D eigenvalue weighted by Crippen LogP contribution is -2.52. The number of urea groups is 1. The first kappa shape index (κ1) is 11.6. The second-order valence-electron chi connectivity index (χ2n) is 5.46. The van der Waals surface area contributed by atoms with Gasteiger partial charge in [0.05, 0.1) is 0 Å². The Labute approximate surface area is 108 Å². The molecule has 2 aliphatic rings. The van der Waals surface area contributed by atoms with Gasteiger partial charge in [-0.3, -0.25) is 4.90 Å². The molecule has 1 aromatic rings. The molecular weight excluding hydrogens is 224 g/mol. The van der Waals surface area contributed by atoms with Crippen molar-refractivity contribution in [2.75, 3.05) is 4.90 Å². The molecular formula is C15H20N2O. The molecule has 0 bridgehead atoms. The first-order valence-corrected chi connectivity index (χ1v) is 6.93. The lowest BCUT2D eigenvalue weighted by atomic mass is 9.93. The standard InChI is InChI=1S/C15H20N2O/c1-11-9-10-12-5-2-3-8-14(12)17(11)15(18)16-13-6-4-7-13/h2-3,5,8,11,13H,4,6-7,9-10H2,1H3,(H,16,18). The Morgan fingerprint density at radius 1 is 1.28 bits per heavy atom. The van der Waals surface area contributed by atoms with E-state index in [1.54, 1.807) is 0 Å². The van der Waals surface area contributed by atoms with Gasteiger partial charge in [-0.25, -0.2) is 4.79 Å². The lowest BCUT2D eigenvalue weighted by Gasteiger charge is -2.37. The van der Waals surface area contributed by atoms with E-state index >= 15 is 0 Å². The van der Waals surface area contributed by atoms with Gasteiger partial charge in [0.1, 0.15) is 0 Å². The molecule has 0 aromatic heterocycles. The molecule has 18 heavy (non-hydrogen) atoms. The molecule has 0 spiro atoms. The van der Waals surface area contributed by atoms with Crippen molar-refractivity contribution >= 4 is 11.7 Å². The Balaban J connectivity index is 1.82. The van der Waals surface area contributed by atoms with Crippen LogP contribution in [0.3, 0.4) is 0 Å². The highest BCUT2D eigenvalue weighted by molar-refractivity contribution is 5.94. The minimum absolute atomic E-state index is 0.0827. The molecule has 1 aromatic carbocycles. The number of hydrogen-bond acceptors (Lipinski definition) is 1. The summed E-state index contributed by atoms with van der Waals surface area (Å²) in [7, 11) is 0. The van der Waals surface area contributed by atoms with Gasteiger partial charge in [0, 0.05) is 17.8 Å². The molecule has 3 heteroatoms. The minimum atomic E-state index is 0.0827. The number of para-hydroxylation sites is 1. The van der Waals surface area contributed by atoms with Crippen molar-refractivity contribution < 1.29 is 4.79 Å². The zero-order valence-electron chi connectivity index (χ0n) is 10.9. The number of fused-ring (bicyclic) bond motifs is 1. The summed E-state index contributed by atoms with van der Waals surface area (Å²) in [6.07, 6.45) is 5.64. The van der Waals surface area contributed by atoms with Crippen molar-refractivity contribution in [3.05, 3.63) is 29.8 Å². The smallest absolute Gasteiger partial charge is 0.322 e. The van der Waals surface area contributed by atoms with E-state index in [2.05, 4.69) is 30.4 Å². The van der Waals surface area contributed by atoms with E-state index in [0.717, 1.165) is 31.4 Å². The molecule has 1 N–H and O–H groups in total. The average molecular weight is 244 g/mol. The zero-order valence-corrected chi connectivity index (χ0v) is 10.9. The molecule has 2 amide bonds. The SMILES string of the molecule is CC1CCc2ccccc2N1C(=O)NC1CCC1. The highest BCUT2D eigenvalue weighted by atomic mass is 16.2. The summed E-state index contributed by atoms with van der Waals surface area (Å²) in [5, 5.41) is 3.14. The number of nitrogens with zero attached hydrogens (tertiary/aromatic N) is 1. The summed E-state index contributed by atoms with van der Waals surface area (Å²) in [5.74, 6) is 0. The highest BCUT2D eigenvalue weighted by Gasteiger charge is 2.30. The number of amides is 2. The van der Waals surface area contributed by atoms with Gasteiger partial charge in [-0.1, -0.05) is 18.2 Å². The predicted octanol–water partition coefficient (Wildman–Crippen LogP) is 3.09. The molecule has 1 saturated carbocycles. The number of benzene rings is 1. The normalized spacial score (nSPS) is 23.2. The van der Waals surface area contributed by atoms with Crippen molar-refractivity contribution in [3.63, 3.8) is 0 Å². The van der Waals surface area contributed by atoms with Crippen LogP contribution in [0.15, 0.2) is 24.3 Å². The third-order valence-corrected chi connectivity index (χ3v) is 4.17. The Bertz CT molecular complexity index is 454. The largest absolute Gasteiger partial charge is 0.335 e. The van der Waals surface area contributed by atoms with Gasteiger partial charge < -0.3 is 5.32 Å². The van der Waals surface area contributed by atoms with Crippen LogP contribution in [0.5, 0.6) is 0 Å². The van der Waals surface area contributed by atoms with Gasteiger partial charge in [-0.05, 0) is 50.7 Å². The molecule has 96 valence electrons. The van der Waals surface area contributed by atoms with Crippen LogP contribution in [-0.2, 0) is 6.42 Å². The topological polar surface area (TPSA) is 32.3 Å². The minimum Gasteiger partial charge on any atom is -0.335 e. The van der Waals surface area contributed by atoms with Crippen LogP contribution >= 0.6 is 0 Å². The quantitative estimate of drug-likeness (QED) is 0.809. The van der Waals surface area contributed by atoms with E-state index in [-0.39, 0.29) is 6.03 Å². The Hall–Kier alpha value is -1.51. The maximum absolute atomic E-state index is 12.4.